The van der Waals surface area contributed by atoms with Crippen molar-refractivity contribution in [2.45, 2.75) is 25.9 Å². The summed E-state index contributed by atoms with van der Waals surface area (Å²) in [6, 6.07) is 0. The molecule has 0 heterocycles. The summed E-state index contributed by atoms with van der Waals surface area (Å²) in [5.41, 5.74) is -1.12. The molecule has 0 aliphatic heterocycles. The molecule has 0 aromatic rings. The predicted molar refractivity (Wildman–Crippen MR) is 42.7 cm³/mol. The number of hydrogen-bond donors (Lipinski definition) is 0. The van der Waals surface area contributed by atoms with Gasteiger partial charge in [-0.15, -0.1) is 6.42 Å². The Bertz CT molecular complexity index is 256. The van der Waals surface area contributed by atoms with E-state index in [2.05, 4.69) is 15.2 Å². The Kier molecular flexibility index (Phi) is 4.39. The van der Waals surface area contributed by atoms with Gasteiger partial charge in [0.25, 0.3) is 0 Å². The molecule has 2 atom stereocenters. The molecule has 0 aromatic carbocycles. The molecule has 13 heavy (non-hydrogen) atoms. The highest BCUT2D eigenvalue weighted by Crippen LogP contribution is 2.18. The van der Waals surface area contributed by atoms with E-state index in [1.807, 2.05) is 0 Å². The van der Waals surface area contributed by atoms with Gasteiger partial charge in [0.2, 0.25) is 0 Å². The van der Waals surface area contributed by atoms with E-state index in [0.717, 1.165) is 0 Å². The maximum absolute atomic E-state index is 10.7. The highest BCUT2D eigenvalue weighted by atomic mass is 31.1. The van der Waals surface area contributed by atoms with Gasteiger partial charge >= 0.3 is 14.4 Å². The lowest BCUT2D eigenvalue weighted by Crippen LogP contribution is -2.28. The quantitative estimate of drug-likeness (QED) is 0.388. The Morgan fingerprint density at radius 1 is 1.77 bits per heavy atom. The number of ether oxygens (including phenoxy) is 1. The van der Waals surface area contributed by atoms with Crippen LogP contribution in [0.15, 0.2) is 0 Å². The maximum Gasteiger partial charge on any atom is 0.557 e. The molecule has 0 aliphatic carbocycles. The van der Waals surface area contributed by atoms with Crippen molar-refractivity contribution < 1.29 is 23.5 Å². The van der Waals surface area contributed by atoms with Crippen LogP contribution >= 0.6 is 8.25 Å². The summed E-state index contributed by atoms with van der Waals surface area (Å²) < 4.78 is 18.2. The first kappa shape index (κ1) is 11.9. The van der Waals surface area contributed by atoms with Gasteiger partial charge in [0.1, 0.15) is 0 Å². The molecule has 2 unspecified atom stereocenters. The van der Waals surface area contributed by atoms with Crippen molar-refractivity contribution in [3.63, 3.8) is 0 Å². The lowest BCUT2D eigenvalue weighted by atomic mass is 10.1. The summed E-state index contributed by atoms with van der Waals surface area (Å²) in [4.78, 5) is 20.6. The van der Waals surface area contributed by atoms with Gasteiger partial charge < -0.3 is 9.63 Å². The zero-order valence-corrected chi connectivity index (χ0v) is 8.17. The average Bonchev–Trinajstić information content (AvgIpc) is 2.02. The second-order valence-electron chi connectivity index (χ2n) is 2.40. The number of carbonyl (C=O) groups is 1. The van der Waals surface area contributed by atoms with E-state index < -0.39 is 20.0 Å². The Labute approximate surface area is 77.0 Å². The standard InChI is InChI=1S/C7H9O5P/c1-4-7(3,5-2)11-6(8)12-13(9)10/h1H,5H2,2-3H3. The van der Waals surface area contributed by atoms with Crippen LogP contribution in [-0.4, -0.2) is 11.8 Å². The number of carbonyl (C=O) groups excluding carboxylic acids is 1. The van der Waals surface area contributed by atoms with Gasteiger partial charge in [0, 0.05) is 0 Å². The van der Waals surface area contributed by atoms with Crippen LogP contribution in [0.1, 0.15) is 20.3 Å². The number of hydrogen-bond acceptors (Lipinski definition) is 5. The summed E-state index contributed by atoms with van der Waals surface area (Å²) in [6.45, 7) is 3.18. The highest BCUT2D eigenvalue weighted by Gasteiger charge is 2.27. The molecule has 0 radical (unpaired) electrons. The van der Waals surface area contributed by atoms with Crippen molar-refractivity contribution in [2.75, 3.05) is 0 Å². The fourth-order valence-electron chi connectivity index (χ4n) is 0.467. The molecule has 0 saturated carbocycles. The Hall–Kier alpha value is -1.11. The van der Waals surface area contributed by atoms with Gasteiger partial charge in [-0.25, -0.2) is 0 Å². The number of terminal acetylenes is 1. The predicted octanol–water partition coefficient (Wildman–Crippen LogP) is 0.959. The molecular weight excluding hydrogens is 195 g/mol. The van der Waals surface area contributed by atoms with Crippen LogP contribution in [-0.2, 0) is 13.8 Å². The van der Waals surface area contributed by atoms with E-state index in [1.165, 1.54) is 6.92 Å². The van der Waals surface area contributed by atoms with E-state index in [9.17, 15) is 14.3 Å². The minimum Gasteiger partial charge on any atom is -0.558 e. The molecule has 0 bridgehead atoms. The smallest absolute Gasteiger partial charge is 0.557 e. The Morgan fingerprint density at radius 2 is 2.31 bits per heavy atom. The fourth-order valence-corrected chi connectivity index (χ4v) is 0.626. The molecule has 0 amide bonds. The van der Waals surface area contributed by atoms with Crippen LogP contribution in [0.3, 0.4) is 0 Å². The van der Waals surface area contributed by atoms with Crippen LogP contribution in [0.25, 0.3) is 0 Å². The first-order chi connectivity index (χ1) is 5.93. The van der Waals surface area contributed by atoms with Crippen molar-refractivity contribution >= 4 is 14.4 Å². The maximum atomic E-state index is 10.7. The summed E-state index contributed by atoms with van der Waals surface area (Å²) in [5.74, 6) is 2.21. The topological polar surface area (TPSA) is 75.7 Å². The third kappa shape index (κ3) is 4.46. The van der Waals surface area contributed by atoms with Crippen LogP contribution < -0.4 is 4.89 Å². The van der Waals surface area contributed by atoms with Crippen molar-refractivity contribution in [1.29, 1.82) is 0 Å². The van der Waals surface area contributed by atoms with E-state index in [4.69, 9.17) is 6.42 Å². The fraction of sp³-hybridized carbons (Fsp3) is 0.571. The molecule has 0 aromatic heterocycles. The molecule has 0 aliphatic rings. The third-order valence-electron chi connectivity index (χ3n) is 1.44. The lowest BCUT2D eigenvalue weighted by Gasteiger charge is -2.19. The minimum atomic E-state index is -3.25. The minimum absolute atomic E-state index is 0.369. The van der Waals surface area contributed by atoms with Crippen molar-refractivity contribution in [2.24, 2.45) is 0 Å². The molecule has 0 spiro atoms. The second kappa shape index (κ2) is 4.80. The SMILES string of the molecule is C#CC(C)(CC)OC(=O)O[P+](=O)[O-]. The molecule has 0 N–H and O–H groups in total. The summed E-state index contributed by atoms with van der Waals surface area (Å²) in [7, 11) is -3.25. The van der Waals surface area contributed by atoms with Crippen molar-refractivity contribution in [3.05, 3.63) is 0 Å². The summed E-state index contributed by atoms with van der Waals surface area (Å²) in [6.07, 6.45) is 4.13. The van der Waals surface area contributed by atoms with Gasteiger partial charge in [0.15, 0.2) is 5.60 Å². The van der Waals surface area contributed by atoms with Crippen LogP contribution in [0, 0.1) is 12.3 Å². The van der Waals surface area contributed by atoms with Gasteiger partial charge in [-0.05, 0) is 17.9 Å². The van der Waals surface area contributed by atoms with Crippen LogP contribution in [0.5, 0.6) is 0 Å². The largest absolute Gasteiger partial charge is 0.558 e. The molecule has 72 valence electrons. The van der Waals surface area contributed by atoms with Crippen LogP contribution in [0.4, 0.5) is 4.79 Å². The third-order valence-corrected chi connectivity index (χ3v) is 1.74. The van der Waals surface area contributed by atoms with Crippen LogP contribution in [0.2, 0.25) is 0 Å². The van der Waals surface area contributed by atoms with E-state index in [-0.39, 0.29) is 0 Å². The van der Waals surface area contributed by atoms with Crippen molar-refractivity contribution in [1.82, 2.24) is 0 Å². The molecule has 0 saturated heterocycles. The van der Waals surface area contributed by atoms with Crippen molar-refractivity contribution in [3.8, 4) is 12.3 Å². The van der Waals surface area contributed by atoms with Gasteiger partial charge in [-0.2, -0.15) is 9.32 Å². The number of rotatable bonds is 3. The Morgan fingerprint density at radius 3 is 2.62 bits per heavy atom. The molecule has 6 heteroatoms. The molecule has 0 rings (SSSR count). The Balaban J connectivity index is 4.20. The van der Waals surface area contributed by atoms with Gasteiger partial charge in [0.05, 0.1) is 0 Å². The van der Waals surface area contributed by atoms with Gasteiger partial charge in [-0.1, -0.05) is 12.8 Å². The van der Waals surface area contributed by atoms with E-state index in [0.29, 0.717) is 6.42 Å². The van der Waals surface area contributed by atoms with Gasteiger partial charge in [-0.3, -0.25) is 0 Å². The highest BCUT2D eigenvalue weighted by molar-refractivity contribution is 7.31. The molecular formula is C7H9O5P. The second-order valence-corrected chi connectivity index (χ2v) is 3.03. The molecule has 0 fully saturated rings. The lowest BCUT2D eigenvalue weighted by molar-refractivity contribution is -0.182. The monoisotopic (exact) mass is 204 g/mol. The summed E-state index contributed by atoms with van der Waals surface area (Å²) >= 11 is 0. The first-order valence-corrected chi connectivity index (χ1v) is 4.56. The van der Waals surface area contributed by atoms with E-state index >= 15 is 0 Å². The van der Waals surface area contributed by atoms with E-state index in [1.54, 1.807) is 6.92 Å². The first-order valence-electron chi connectivity index (χ1n) is 3.46. The zero-order valence-electron chi connectivity index (χ0n) is 7.27. The molecule has 5 nitrogen and oxygen atoms in total. The average molecular weight is 204 g/mol. The normalized spacial score (nSPS) is 15.1. The zero-order chi connectivity index (χ0) is 10.5. The summed E-state index contributed by atoms with van der Waals surface area (Å²) in [5, 5.41) is 0.